The average molecular weight is 189 g/mol. The lowest BCUT2D eigenvalue weighted by Gasteiger charge is -1.99. The molecule has 0 atom stereocenters. The monoisotopic (exact) mass is 189 g/mol. The fourth-order valence-corrected chi connectivity index (χ4v) is 0.961. The largest absolute Gasteiger partial charge is 0.410 e. The van der Waals surface area contributed by atoms with Crippen molar-refractivity contribution in [3.05, 3.63) is 35.9 Å². The van der Waals surface area contributed by atoms with Crippen molar-refractivity contribution in [2.24, 2.45) is 10.3 Å². The molecule has 0 aliphatic rings. The summed E-state index contributed by atoms with van der Waals surface area (Å²) in [5, 5.41) is 31.3. The Hall–Kier alpha value is -2.35. The van der Waals surface area contributed by atoms with Crippen LogP contribution in [0.25, 0.3) is 0 Å². The van der Waals surface area contributed by atoms with E-state index in [1.54, 1.807) is 36.4 Å². The van der Waals surface area contributed by atoms with E-state index >= 15 is 0 Å². The Balaban J connectivity index is 3.15. The van der Waals surface area contributed by atoms with E-state index in [4.69, 9.17) is 15.7 Å². The molecule has 0 bridgehead atoms. The van der Waals surface area contributed by atoms with Gasteiger partial charge in [0.05, 0.1) is 0 Å². The third kappa shape index (κ3) is 1.87. The topological polar surface area (TPSA) is 89.0 Å². The van der Waals surface area contributed by atoms with E-state index in [1.807, 2.05) is 0 Å². The van der Waals surface area contributed by atoms with E-state index in [0.717, 1.165) is 0 Å². The first-order valence-corrected chi connectivity index (χ1v) is 3.73. The van der Waals surface area contributed by atoms with Crippen LogP contribution in [-0.4, -0.2) is 21.8 Å². The summed E-state index contributed by atoms with van der Waals surface area (Å²) in [7, 11) is 0. The molecule has 0 amide bonds. The van der Waals surface area contributed by atoms with Gasteiger partial charge in [-0.05, 0) is 0 Å². The molecule has 0 aliphatic heterocycles. The SMILES string of the molecule is N#CC(=N\O)/C(=N\O)c1ccccc1. The normalized spacial score (nSPS) is 12.2. The lowest BCUT2D eigenvalue weighted by Crippen LogP contribution is -2.13. The zero-order valence-electron chi connectivity index (χ0n) is 7.12. The van der Waals surface area contributed by atoms with E-state index in [1.165, 1.54) is 0 Å². The van der Waals surface area contributed by atoms with Gasteiger partial charge in [0.15, 0.2) is 0 Å². The van der Waals surface area contributed by atoms with Gasteiger partial charge in [-0.25, -0.2) is 0 Å². The third-order valence-corrected chi connectivity index (χ3v) is 1.58. The molecule has 1 aromatic carbocycles. The number of hydrogen-bond acceptors (Lipinski definition) is 5. The Bertz CT molecular complexity index is 404. The highest BCUT2D eigenvalue weighted by Gasteiger charge is 2.11. The summed E-state index contributed by atoms with van der Waals surface area (Å²) in [6.07, 6.45) is 0. The molecular weight excluding hydrogens is 182 g/mol. The van der Waals surface area contributed by atoms with Gasteiger partial charge in [0.2, 0.25) is 5.71 Å². The van der Waals surface area contributed by atoms with Crippen molar-refractivity contribution >= 4 is 11.4 Å². The fourth-order valence-electron chi connectivity index (χ4n) is 0.961. The molecular formula is C9H7N3O2. The van der Waals surface area contributed by atoms with Crippen molar-refractivity contribution in [3.63, 3.8) is 0 Å². The zero-order chi connectivity index (χ0) is 10.4. The molecule has 70 valence electrons. The number of rotatable bonds is 2. The van der Waals surface area contributed by atoms with E-state index in [2.05, 4.69) is 10.3 Å². The summed E-state index contributed by atoms with van der Waals surface area (Å²) in [4.78, 5) is 0. The maximum atomic E-state index is 8.66. The minimum atomic E-state index is -0.335. The molecule has 0 radical (unpaired) electrons. The highest BCUT2D eigenvalue weighted by Crippen LogP contribution is 2.02. The Morgan fingerprint density at radius 1 is 1.14 bits per heavy atom. The number of oxime groups is 2. The van der Waals surface area contributed by atoms with Gasteiger partial charge in [0.1, 0.15) is 11.8 Å². The van der Waals surface area contributed by atoms with Crippen LogP contribution in [0.3, 0.4) is 0 Å². The Morgan fingerprint density at radius 3 is 2.21 bits per heavy atom. The predicted molar refractivity (Wildman–Crippen MR) is 49.6 cm³/mol. The molecule has 5 nitrogen and oxygen atoms in total. The first-order chi connectivity index (χ1) is 6.83. The smallest absolute Gasteiger partial charge is 0.209 e. The first-order valence-electron chi connectivity index (χ1n) is 3.73. The quantitative estimate of drug-likeness (QED) is 0.416. The molecule has 2 N–H and O–H groups in total. The van der Waals surface area contributed by atoms with Crippen LogP contribution < -0.4 is 0 Å². The molecule has 1 aromatic rings. The maximum Gasteiger partial charge on any atom is 0.209 e. The van der Waals surface area contributed by atoms with Crippen molar-refractivity contribution in [1.82, 2.24) is 0 Å². The van der Waals surface area contributed by atoms with Gasteiger partial charge in [-0.1, -0.05) is 40.6 Å². The fraction of sp³-hybridized carbons (Fsp3) is 0. The summed E-state index contributed by atoms with van der Waals surface area (Å²) in [5.74, 6) is 0. The average Bonchev–Trinajstić information content (AvgIpc) is 2.27. The Kier molecular flexibility index (Phi) is 3.21. The van der Waals surface area contributed by atoms with Crippen molar-refractivity contribution in [2.45, 2.75) is 0 Å². The molecule has 0 saturated carbocycles. The van der Waals surface area contributed by atoms with Crippen LogP contribution in [0.5, 0.6) is 0 Å². The highest BCUT2D eigenvalue weighted by molar-refractivity contribution is 6.53. The standard InChI is InChI=1S/C9H7N3O2/c10-6-8(11-13)9(12-14)7-4-2-1-3-5-7/h1-5,13-14H/b11-8+,12-9-. The molecule has 0 fully saturated rings. The lowest BCUT2D eigenvalue weighted by molar-refractivity contribution is 0.315. The number of hydrogen-bond donors (Lipinski definition) is 2. The summed E-state index contributed by atoms with van der Waals surface area (Å²) < 4.78 is 0. The van der Waals surface area contributed by atoms with Crippen molar-refractivity contribution < 1.29 is 10.4 Å². The maximum absolute atomic E-state index is 8.66. The Labute approximate surface area is 80.2 Å². The van der Waals surface area contributed by atoms with E-state index in [0.29, 0.717) is 5.56 Å². The number of nitriles is 1. The van der Waals surface area contributed by atoms with Crippen LogP contribution in [0.1, 0.15) is 5.56 Å². The number of nitrogens with zero attached hydrogens (tertiary/aromatic N) is 3. The van der Waals surface area contributed by atoms with Gasteiger partial charge in [-0.3, -0.25) is 0 Å². The van der Waals surface area contributed by atoms with Gasteiger partial charge in [-0.15, -0.1) is 0 Å². The first kappa shape index (κ1) is 9.74. The van der Waals surface area contributed by atoms with Crippen LogP contribution in [0.15, 0.2) is 40.6 Å². The predicted octanol–water partition coefficient (Wildman–Crippen LogP) is 1.22. The second-order valence-electron chi connectivity index (χ2n) is 2.38. The van der Waals surface area contributed by atoms with Crippen LogP contribution >= 0.6 is 0 Å². The molecule has 1 rings (SSSR count). The summed E-state index contributed by atoms with van der Waals surface area (Å²) in [6, 6.07) is 10.1. The molecule has 0 aromatic heterocycles. The van der Waals surface area contributed by atoms with Gasteiger partial charge in [0, 0.05) is 5.56 Å². The van der Waals surface area contributed by atoms with Crippen molar-refractivity contribution in [3.8, 4) is 6.07 Å². The highest BCUT2D eigenvalue weighted by atomic mass is 16.4. The van der Waals surface area contributed by atoms with Crippen LogP contribution in [0.4, 0.5) is 0 Å². The number of benzene rings is 1. The third-order valence-electron chi connectivity index (χ3n) is 1.58. The second-order valence-corrected chi connectivity index (χ2v) is 2.38. The molecule has 0 saturated heterocycles. The van der Waals surface area contributed by atoms with E-state index < -0.39 is 0 Å². The van der Waals surface area contributed by atoms with Crippen molar-refractivity contribution in [2.75, 3.05) is 0 Å². The summed E-state index contributed by atoms with van der Waals surface area (Å²) in [6.45, 7) is 0. The van der Waals surface area contributed by atoms with Crippen LogP contribution in [0, 0.1) is 11.3 Å². The minimum absolute atomic E-state index is 0.0596. The van der Waals surface area contributed by atoms with Crippen molar-refractivity contribution in [1.29, 1.82) is 5.26 Å². The van der Waals surface area contributed by atoms with Gasteiger partial charge >= 0.3 is 0 Å². The molecule has 14 heavy (non-hydrogen) atoms. The van der Waals surface area contributed by atoms with Crippen LogP contribution in [-0.2, 0) is 0 Å². The van der Waals surface area contributed by atoms with Gasteiger partial charge in [0.25, 0.3) is 0 Å². The molecule has 0 heterocycles. The lowest BCUT2D eigenvalue weighted by atomic mass is 10.1. The second kappa shape index (κ2) is 4.62. The zero-order valence-corrected chi connectivity index (χ0v) is 7.12. The minimum Gasteiger partial charge on any atom is -0.410 e. The molecule has 0 spiro atoms. The van der Waals surface area contributed by atoms with Gasteiger partial charge < -0.3 is 10.4 Å². The van der Waals surface area contributed by atoms with E-state index in [9.17, 15) is 0 Å². The van der Waals surface area contributed by atoms with E-state index in [-0.39, 0.29) is 11.4 Å². The molecule has 5 heteroatoms. The Morgan fingerprint density at radius 2 is 1.79 bits per heavy atom. The van der Waals surface area contributed by atoms with Crippen LogP contribution in [0.2, 0.25) is 0 Å². The molecule has 0 aliphatic carbocycles. The molecule has 0 unspecified atom stereocenters. The summed E-state index contributed by atoms with van der Waals surface area (Å²) in [5.41, 5.74) is 0.110. The van der Waals surface area contributed by atoms with Gasteiger partial charge in [-0.2, -0.15) is 5.26 Å². The summed E-state index contributed by atoms with van der Waals surface area (Å²) >= 11 is 0.